The summed E-state index contributed by atoms with van der Waals surface area (Å²) in [5.41, 5.74) is -0.351. The van der Waals surface area contributed by atoms with Gasteiger partial charge in [-0.2, -0.15) is 0 Å². The molecule has 2 atom stereocenters. The summed E-state index contributed by atoms with van der Waals surface area (Å²) in [6.07, 6.45) is 1.16. The van der Waals surface area contributed by atoms with Crippen LogP contribution >= 0.6 is 0 Å². The number of nitrogens with two attached hydrogens (primary N) is 1. The van der Waals surface area contributed by atoms with Gasteiger partial charge in [-0.25, -0.2) is 10.8 Å². The summed E-state index contributed by atoms with van der Waals surface area (Å²) in [6, 6.07) is 0.160. The van der Waals surface area contributed by atoms with E-state index in [2.05, 4.69) is 4.84 Å². The van der Waals surface area contributed by atoms with Crippen LogP contribution in [-0.4, -0.2) is 41.2 Å². The Morgan fingerprint density at radius 3 is 2.73 bits per heavy atom. The molecule has 0 aromatic rings. The molecule has 1 rings (SSSR count). The highest BCUT2D eigenvalue weighted by Crippen LogP contribution is 2.22. The molecule has 0 spiro atoms. The average Bonchev–Trinajstić information content (AvgIpc) is 2.49. The summed E-state index contributed by atoms with van der Waals surface area (Å²) >= 11 is 0. The van der Waals surface area contributed by atoms with E-state index in [4.69, 9.17) is 10.6 Å². The molecule has 1 aliphatic heterocycles. The van der Waals surface area contributed by atoms with Gasteiger partial charge in [-0.05, 0) is 33.6 Å². The Kier molecular flexibility index (Phi) is 4.48. The van der Waals surface area contributed by atoms with Crippen LogP contribution in [0, 0.1) is 0 Å². The topological polar surface area (TPSA) is 68.0 Å². The third kappa shape index (κ3) is 4.04. The average molecular weight is 218 g/mol. The van der Waals surface area contributed by atoms with Gasteiger partial charge in [-0.15, -0.1) is 0 Å². The summed E-state index contributed by atoms with van der Waals surface area (Å²) in [5, 5.41) is 9.89. The third-order valence-electron chi connectivity index (χ3n) is 2.45. The largest absolute Gasteiger partial charge is 0.356 e. The zero-order chi connectivity index (χ0) is 11.5. The number of aliphatic hydroxyl groups is 1. The minimum absolute atomic E-state index is 0.160. The van der Waals surface area contributed by atoms with Crippen molar-refractivity contribution in [3.05, 3.63) is 0 Å². The van der Waals surface area contributed by atoms with E-state index in [0.29, 0.717) is 6.61 Å². The van der Waals surface area contributed by atoms with Gasteiger partial charge >= 0.3 is 0 Å². The molecule has 5 nitrogen and oxygen atoms in total. The number of hydrogen-bond donors (Lipinski definition) is 2. The minimum atomic E-state index is -0.868. The first-order chi connectivity index (χ1) is 6.94. The molecule has 90 valence electrons. The molecule has 0 aliphatic carbocycles. The number of ether oxygens (including phenoxy) is 1. The van der Waals surface area contributed by atoms with Gasteiger partial charge in [0.2, 0.25) is 6.41 Å². The molecule has 5 heteroatoms. The normalized spacial score (nSPS) is 25.8. The van der Waals surface area contributed by atoms with Crippen molar-refractivity contribution in [3.8, 4) is 0 Å². The molecule has 1 aliphatic rings. The number of nitrogens with zero attached hydrogens (tertiary/aromatic N) is 1. The lowest BCUT2D eigenvalue weighted by molar-refractivity contribution is -0.244. The maximum Gasteiger partial charge on any atom is 0.216 e. The van der Waals surface area contributed by atoms with E-state index < -0.39 is 6.41 Å². The van der Waals surface area contributed by atoms with Crippen molar-refractivity contribution >= 4 is 0 Å². The highest BCUT2D eigenvalue weighted by atomic mass is 16.6. The second-order valence-electron chi connectivity index (χ2n) is 4.92. The first-order valence-corrected chi connectivity index (χ1v) is 5.37. The van der Waals surface area contributed by atoms with E-state index in [0.717, 1.165) is 19.4 Å². The summed E-state index contributed by atoms with van der Waals surface area (Å²) in [7, 11) is 0. The lowest BCUT2D eigenvalue weighted by Crippen LogP contribution is -2.46. The lowest BCUT2D eigenvalue weighted by Gasteiger charge is -2.33. The van der Waals surface area contributed by atoms with Gasteiger partial charge in [-0.3, -0.25) is 0 Å². The van der Waals surface area contributed by atoms with Crippen molar-refractivity contribution in [1.29, 1.82) is 0 Å². The molecule has 3 N–H and O–H groups in total. The summed E-state index contributed by atoms with van der Waals surface area (Å²) < 4.78 is 5.48. The quantitative estimate of drug-likeness (QED) is 0.529. The molecule has 1 heterocycles. The van der Waals surface area contributed by atoms with Crippen LogP contribution in [-0.2, 0) is 9.57 Å². The maximum atomic E-state index is 9.89. The molecule has 1 saturated heterocycles. The van der Waals surface area contributed by atoms with Crippen LogP contribution < -0.4 is 5.90 Å². The van der Waals surface area contributed by atoms with Crippen LogP contribution in [0.25, 0.3) is 0 Å². The molecular weight excluding hydrogens is 196 g/mol. The van der Waals surface area contributed by atoms with Crippen molar-refractivity contribution in [2.24, 2.45) is 5.90 Å². The minimum Gasteiger partial charge on any atom is -0.356 e. The van der Waals surface area contributed by atoms with Gasteiger partial charge < -0.3 is 14.7 Å². The Morgan fingerprint density at radius 1 is 1.53 bits per heavy atom. The molecule has 0 radical (unpaired) electrons. The van der Waals surface area contributed by atoms with E-state index in [-0.39, 0.29) is 11.6 Å². The van der Waals surface area contributed by atoms with E-state index in [1.54, 1.807) is 0 Å². The fourth-order valence-corrected chi connectivity index (χ4v) is 1.82. The summed E-state index contributed by atoms with van der Waals surface area (Å²) in [4.78, 5) is 6.51. The Bertz CT molecular complexity index is 194. The van der Waals surface area contributed by atoms with Gasteiger partial charge in [0.15, 0.2) is 0 Å². The van der Waals surface area contributed by atoms with Crippen LogP contribution in [0.3, 0.4) is 0 Å². The Balaban J connectivity index is 2.47. The zero-order valence-corrected chi connectivity index (χ0v) is 9.77. The standard InChI is InChI=1S/C10H22N2O3/c1-10(2,3)15-9(13)12-6-4-5-8(12)7-14-11/h8-9,13H,4-7,11H2,1-3H3. The fraction of sp³-hybridized carbons (Fsp3) is 1.00. The molecule has 0 aromatic heterocycles. The lowest BCUT2D eigenvalue weighted by atomic mass is 10.2. The van der Waals surface area contributed by atoms with Crippen molar-refractivity contribution in [2.45, 2.75) is 51.7 Å². The Morgan fingerprint density at radius 2 is 2.20 bits per heavy atom. The molecule has 2 unspecified atom stereocenters. The second-order valence-corrected chi connectivity index (χ2v) is 4.92. The summed E-state index contributed by atoms with van der Waals surface area (Å²) in [6.45, 7) is 7.01. The van der Waals surface area contributed by atoms with Crippen LogP contribution in [0.1, 0.15) is 33.6 Å². The van der Waals surface area contributed by atoms with E-state index >= 15 is 0 Å². The molecular formula is C10H22N2O3. The van der Waals surface area contributed by atoms with Crippen LogP contribution in [0.15, 0.2) is 0 Å². The highest BCUT2D eigenvalue weighted by Gasteiger charge is 2.32. The molecule has 0 bridgehead atoms. The molecule has 1 fully saturated rings. The monoisotopic (exact) mass is 218 g/mol. The number of rotatable bonds is 4. The van der Waals surface area contributed by atoms with Gasteiger partial charge in [0.25, 0.3) is 0 Å². The van der Waals surface area contributed by atoms with Gasteiger partial charge in [0.1, 0.15) is 0 Å². The van der Waals surface area contributed by atoms with Crippen molar-refractivity contribution in [2.75, 3.05) is 13.2 Å². The zero-order valence-electron chi connectivity index (χ0n) is 9.77. The van der Waals surface area contributed by atoms with Gasteiger partial charge in [-0.1, -0.05) is 0 Å². The molecule has 15 heavy (non-hydrogen) atoms. The van der Waals surface area contributed by atoms with E-state index in [1.807, 2.05) is 25.7 Å². The van der Waals surface area contributed by atoms with Crippen molar-refractivity contribution in [3.63, 3.8) is 0 Å². The van der Waals surface area contributed by atoms with Gasteiger partial charge in [0.05, 0.1) is 12.2 Å². The fourth-order valence-electron chi connectivity index (χ4n) is 1.82. The second kappa shape index (κ2) is 5.23. The van der Waals surface area contributed by atoms with Gasteiger partial charge in [0, 0.05) is 12.6 Å². The first-order valence-electron chi connectivity index (χ1n) is 5.37. The van der Waals surface area contributed by atoms with E-state index in [9.17, 15) is 5.11 Å². The van der Waals surface area contributed by atoms with Crippen LogP contribution in [0.2, 0.25) is 0 Å². The number of likely N-dealkylation sites (tertiary alicyclic amines) is 1. The molecule has 0 aromatic carbocycles. The first kappa shape index (κ1) is 12.9. The molecule has 0 amide bonds. The number of hydrogen-bond acceptors (Lipinski definition) is 5. The predicted molar refractivity (Wildman–Crippen MR) is 56.7 cm³/mol. The third-order valence-corrected chi connectivity index (χ3v) is 2.45. The molecule has 0 saturated carbocycles. The van der Waals surface area contributed by atoms with Crippen molar-refractivity contribution in [1.82, 2.24) is 4.90 Å². The van der Waals surface area contributed by atoms with Crippen LogP contribution in [0.5, 0.6) is 0 Å². The maximum absolute atomic E-state index is 9.89. The predicted octanol–water partition coefficient (Wildman–Crippen LogP) is 0.432. The summed E-state index contributed by atoms with van der Waals surface area (Å²) in [5.74, 6) is 5.05. The SMILES string of the molecule is CC(C)(C)OC(O)N1CCCC1CON. The smallest absolute Gasteiger partial charge is 0.216 e. The number of aliphatic hydroxyl groups excluding tert-OH is 1. The van der Waals surface area contributed by atoms with E-state index in [1.165, 1.54) is 0 Å². The Hall–Kier alpha value is -0.200. The van der Waals surface area contributed by atoms with Crippen molar-refractivity contribution < 1.29 is 14.7 Å². The highest BCUT2D eigenvalue weighted by molar-refractivity contribution is 4.79. The Labute approximate surface area is 91.1 Å². The van der Waals surface area contributed by atoms with Crippen LogP contribution in [0.4, 0.5) is 0 Å².